The monoisotopic (exact) mass is 320 g/mol. The average Bonchev–Trinajstić information content (AvgIpc) is 3.05. The SMILES string of the molecule is CCc1cc(C(=O)N[C@H]2CCCN(C3CCN(C)CC3)C2)on1. The van der Waals surface area contributed by atoms with E-state index in [2.05, 4.69) is 27.3 Å². The van der Waals surface area contributed by atoms with Gasteiger partial charge in [0.2, 0.25) is 5.76 Å². The number of amides is 1. The van der Waals surface area contributed by atoms with Crippen molar-refractivity contribution in [2.75, 3.05) is 33.2 Å². The van der Waals surface area contributed by atoms with Gasteiger partial charge in [-0.15, -0.1) is 0 Å². The third-order valence-electron chi connectivity index (χ3n) is 5.14. The zero-order chi connectivity index (χ0) is 16.2. The van der Waals surface area contributed by atoms with E-state index in [9.17, 15) is 4.79 Å². The predicted molar refractivity (Wildman–Crippen MR) is 88.5 cm³/mol. The molecule has 1 atom stereocenters. The molecule has 3 rings (SSSR count). The van der Waals surface area contributed by atoms with Gasteiger partial charge in [-0.3, -0.25) is 9.69 Å². The summed E-state index contributed by atoms with van der Waals surface area (Å²) in [6.45, 7) is 6.46. The zero-order valence-corrected chi connectivity index (χ0v) is 14.3. The van der Waals surface area contributed by atoms with E-state index in [1.165, 1.54) is 25.9 Å². The molecule has 1 amide bonds. The molecule has 2 aliphatic heterocycles. The van der Waals surface area contributed by atoms with Crippen LogP contribution in [0, 0.1) is 0 Å². The maximum atomic E-state index is 12.3. The summed E-state index contributed by atoms with van der Waals surface area (Å²) in [6, 6.07) is 2.63. The molecule has 0 bridgehead atoms. The molecule has 0 spiro atoms. The molecule has 0 unspecified atom stereocenters. The molecular weight excluding hydrogens is 292 g/mol. The van der Waals surface area contributed by atoms with Crippen LogP contribution in [0.1, 0.15) is 48.9 Å². The number of aryl methyl sites for hydroxylation is 1. The van der Waals surface area contributed by atoms with Crippen molar-refractivity contribution in [1.82, 2.24) is 20.3 Å². The summed E-state index contributed by atoms with van der Waals surface area (Å²) < 4.78 is 5.13. The lowest BCUT2D eigenvalue weighted by Crippen LogP contribution is -2.53. The molecule has 2 aliphatic rings. The minimum atomic E-state index is -0.132. The Balaban J connectivity index is 1.53. The number of nitrogens with zero attached hydrogens (tertiary/aromatic N) is 3. The van der Waals surface area contributed by atoms with Crippen LogP contribution >= 0.6 is 0 Å². The van der Waals surface area contributed by atoms with Crippen molar-refractivity contribution < 1.29 is 9.32 Å². The molecule has 0 aromatic carbocycles. The topological polar surface area (TPSA) is 61.6 Å². The molecule has 128 valence electrons. The van der Waals surface area contributed by atoms with Gasteiger partial charge in [0, 0.05) is 24.7 Å². The summed E-state index contributed by atoms with van der Waals surface area (Å²) in [4.78, 5) is 17.3. The molecule has 0 saturated carbocycles. The van der Waals surface area contributed by atoms with E-state index in [0.29, 0.717) is 11.8 Å². The van der Waals surface area contributed by atoms with Crippen LogP contribution in [0.2, 0.25) is 0 Å². The first-order valence-electron chi connectivity index (χ1n) is 8.84. The molecular formula is C17H28N4O2. The van der Waals surface area contributed by atoms with Crippen LogP contribution in [0.25, 0.3) is 0 Å². The molecule has 1 aromatic rings. The van der Waals surface area contributed by atoms with Gasteiger partial charge >= 0.3 is 0 Å². The lowest BCUT2D eigenvalue weighted by Gasteiger charge is -2.41. The molecule has 0 radical (unpaired) electrons. The molecule has 0 aliphatic carbocycles. The van der Waals surface area contributed by atoms with Crippen molar-refractivity contribution in [3.05, 3.63) is 17.5 Å². The number of nitrogens with one attached hydrogen (secondary N) is 1. The maximum Gasteiger partial charge on any atom is 0.290 e. The van der Waals surface area contributed by atoms with Gasteiger partial charge in [-0.05, 0) is 58.8 Å². The Labute approximate surface area is 138 Å². The molecule has 2 fully saturated rings. The van der Waals surface area contributed by atoms with Crippen LogP contribution in [0.3, 0.4) is 0 Å². The Kier molecular flexibility index (Phi) is 5.33. The number of carbonyl (C=O) groups is 1. The Morgan fingerprint density at radius 3 is 2.83 bits per heavy atom. The number of carbonyl (C=O) groups excluding carboxylic acids is 1. The van der Waals surface area contributed by atoms with Gasteiger partial charge in [0.25, 0.3) is 5.91 Å². The summed E-state index contributed by atoms with van der Waals surface area (Å²) in [7, 11) is 2.19. The third kappa shape index (κ3) is 4.12. The molecule has 6 heteroatoms. The third-order valence-corrected chi connectivity index (χ3v) is 5.14. The molecule has 6 nitrogen and oxygen atoms in total. The second-order valence-electron chi connectivity index (χ2n) is 6.88. The van der Waals surface area contributed by atoms with Crippen LogP contribution < -0.4 is 5.32 Å². The Morgan fingerprint density at radius 2 is 2.13 bits per heavy atom. The highest BCUT2D eigenvalue weighted by molar-refractivity contribution is 5.91. The Bertz CT molecular complexity index is 522. The minimum absolute atomic E-state index is 0.132. The van der Waals surface area contributed by atoms with Crippen LogP contribution in [-0.2, 0) is 6.42 Å². The van der Waals surface area contributed by atoms with Crippen LogP contribution in [0.5, 0.6) is 0 Å². The number of aromatic nitrogens is 1. The number of hydrogen-bond acceptors (Lipinski definition) is 5. The number of rotatable bonds is 4. The van der Waals surface area contributed by atoms with E-state index in [0.717, 1.165) is 38.0 Å². The average molecular weight is 320 g/mol. The van der Waals surface area contributed by atoms with E-state index in [-0.39, 0.29) is 11.9 Å². The molecule has 1 aromatic heterocycles. The normalized spacial score (nSPS) is 24.7. The van der Waals surface area contributed by atoms with Crippen molar-refractivity contribution in [1.29, 1.82) is 0 Å². The minimum Gasteiger partial charge on any atom is -0.351 e. The highest BCUT2D eigenvalue weighted by atomic mass is 16.5. The highest BCUT2D eigenvalue weighted by Gasteiger charge is 2.29. The fourth-order valence-electron chi connectivity index (χ4n) is 3.66. The second kappa shape index (κ2) is 7.45. The Morgan fingerprint density at radius 1 is 1.35 bits per heavy atom. The quantitative estimate of drug-likeness (QED) is 0.911. The van der Waals surface area contributed by atoms with Crippen molar-refractivity contribution in [3.8, 4) is 0 Å². The van der Waals surface area contributed by atoms with E-state index in [1.54, 1.807) is 6.07 Å². The fraction of sp³-hybridized carbons (Fsp3) is 0.765. The molecule has 2 saturated heterocycles. The number of piperidine rings is 2. The summed E-state index contributed by atoms with van der Waals surface area (Å²) >= 11 is 0. The highest BCUT2D eigenvalue weighted by Crippen LogP contribution is 2.20. The first-order valence-corrected chi connectivity index (χ1v) is 8.84. The van der Waals surface area contributed by atoms with Gasteiger partial charge in [-0.25, -0.2) is 0 Å². The van der Waals surface area contributed by atoms with E-state index in [4.69, 9.17) is 4.52 Å². The van der Waals surface area contributed by atoms with Crippen molar-refractivity contribution in [2.24, 2.45) is 0 Å². The first-order chi connectivity index (χ1) is 11.2. The van der Waals surface area contributed by atoms with Gasteiger partial charge < -0.3 is 14.7 Å². The molecule has 1 N–H and O–H groups in total. The largest absolute Gasteiger partial charge is 0.351 e. The Hall–Kier alpha value is -1.40. The van der Waals surface area contributed by atoms with Crippen molar-refractivity contribution in [3.63, 3.8) is 0 Å². The van der Waals surface area contributed by atoms with Gasteiger partial charge in [0.15, 0.2) is 0 Å². The molecule has 23 heavy (non-hydrogen) atoms. The summed E-state index contributed by atoms with van der Waals surface area (Å²) in [5.74, 6) is 0.200. The van der Waals surface area contributed by atoms with E-state index >= 15 is 0 Å². The van der Waals surface area contributed by atoms with E-state index < -0.39 is 0 Å². The first kappa shape index (κ1) is 16.5. The zero-order valence-electron chi connectivity index (χ0n) is 14.3. The lowest BCUT2D eigenvalue weighted by atomic mass is 9.98. The van der Waals surface area contributed by atoms with Crippen LogP contribution in [0.4, 0.5) is 0 Å². The number of likely N-dealkylation sites (tertiary alicyclic amines) is 2. The molecule has 3 heterocycles. The van der Waals surface area contributed by atoms with E-state index in [1.807, 2.05) is 6.92 Å². The van der Waals surface area contributed by atoms with Gasteiger partial charge in [-0.1, -0.05) is 12.1 Å². The van der Waals surface area contributed by atoms with Crippen molar-refractivity contribution in [2.45, 2.75) is 51.1 Å². The predicted octanol–water partition coefficient (Wildman–Crippen LogP) is 1.53. The standard InChI is InChI=1S/C17H28N4O2/c1-3-13-11-16(23-19-13)17(22)18-14-5-4-8-21(12-14)15-6-9-20(2)10-7-15/h11,14-15H,3-10,12H2,1-2H3,(H,18,22)/t14-/m0/s1. The van der Waals surface area contributed by atoms with Crippen LogP contribution in [-0.4, -0.2) is 66.2 Å². The number of hydrogen-bond donors (Lipinski definition) is 1. The summed E-state index contributed by atoms with van der Waals surface area (Å²) in [6.07, 6.45) is 5.44. The summed E-state index contributed by atoms with van der Waals surface area (Å²) in [5, 5.41) is 7.02. The van der Waals surface area contributed by atoms with Gasteiger partial charge in [0.1, 0.15) is 0 Å². The fourth-order valence-corrected chi connectivity index (χ4v) is 3.66. The maximum absolute atomic E-state index is 12.3. The van der Waals surface area contributed by atoms with Crippen LogP contribution in [0.15, 0.2) is 10.6 Å². The smallest absolute Gasteiger partial charge is 0.290 e. The lowest BCUT2D eigenvalue weighted by molar-refractivity contribution is 0.0744. The van der Waals surface area contributed by atoms with Gasteiger partial charge in [-0.2, -0.15) is 0 Å². The van der Waals surface area contributed by atoms with Gasteiger partial charge in [0.05, 0.1) is 5.69 Å². The van der Waals surface area contributed by atoms with Crippen molar-refractivity contribution >= 4 is 5.91 Å². The second-order valence-corrected chi connectivity index (χ2v) is 6.88. The summed E-state index contributed by atoms with van der Waals surface area (Å²) in [5.41, 5.74) is 0.826.